The highest BCUT2D eigenvalue weighted by molar-refractivity contribution is 7.92. The number of aromatic nitrogens is 4. The van der Waals surface area contributed by atoms with Crippen LogP contribution in [0.4, 0.5) is 5.69 Å². The minimum absolute atomic E-state index is 0.0403. The van der Waals surface area contributed by atoms with E-state index in [4.69, 9.17) is 0 Å². The molecule has 0 saturated heterocycles. The van der Waals surface area contributed by atoms with Crippen molar-refractivity contribution >= 4 is 36.9 Å². The van der Waals surface area contributed by atoms with Crippen LogP contribution in [-0.4, -0.2) is 37.2 Å². The second-order valence-electron chi connectivity index (χ2n) is 6.56. The highest BCUT2D eigenvalue weighted by Crippen LogP contribution is 2.23. The van der Waals surface area contributed by atoms with Crippen molar-refractivity contribution in [3.05, 3.63) is 76.7 Å². The minimum Gasteiger partial charge on any atom is -0.283 e. The van der Waals surface area contributed by atoms with Gasteiger partial charge in [-0.25, -0.2) is 16.8 Å². The lowest BCUT2D eigenvalue weighted by atomic mass is 10.2. The molecular formula is C19H17N5O4S3. The van der Waals surface area contributed by atoms with Crippen LogP contribution in [0.1, 0.15) is 10.0 Å². The SMILES string of the molecule is O=S(=O)(Cc1nnc(CS(=O)(=O)c2cc(-c3ccccc3)n[nH]2)s1)Nc1ccccc1. The van der Waals surface area contributed by atoms with Gasteiger partial charge in [0, 0.05) is 17.3 Å². The normalized spacial score (nSPS) is 12.0. The number of anilines is 1. The second-order valence-corrected chi connectivity index (χ2v) is 11.4. The van der Waals surface area contributed by atoms with E-state index in [0.29, 0.717) is 11.4 Å². The molecule has 2 N–H and O–H groups in total. The summed E-state index contributed by atoms with van der Waals surface area (Å²) < 4.78 is 52.5. The molecule has 0 unspecified atom stereocenters. The molecule has 0 saturated carbocycles. The molecule has 2 aromatic heterocycles. The van der Waals surface area contributed by atoms with Gasteiger partial charge >= 0.3 is 0 Å². The highest BCUT2D eigenvalue weighted by atomic mass is 32.2. The number of sulfone groups is 1. The first-order valence-electron chi connectivity index (χ1n) is 9.01. The van der Waals surface area contributed by atoms with Crippen LogP contribution in [0.25, 0.3) is 11.3 Å². The van der Waals surface area contributed by atoms with E-state index < -0.39 is 31.4 Å². The second kappa shape index (κ2) is 8.57. The molecule has 4 rings (SSSR count). The number of nitrogens with zero attached hydrogens (tertiary/aromatic N) is 3. The molecule has 2 heterocycles. The predicted octanol–water partition coefficient (Wildman–Crippen LogP) is 2.84. The van der Waals surface area contributed by atoms with Crippen LogP contribution in [0.15, 0.2) is 71.8 Å². The first-order valence-corrected chi connectivity index (χ1v) is 13.1. The predicted molar refractivity (Wildman–Crippen MR) is 118 cm³/mol. The molecule has 0 aliphatic heterocycles. The monoisotopic (exact) mass is 475 g/mol. The van der Waals surface area contributed by atoms with Gasteiger partial charge in [-0.1, -0.05) is 59.9 Å². The summed E-state index contributed by atoms with van der Waals surface area (Å²) in [6, 6.07) is 19.1. The summed E-state index contributed by atoms with van der Waals surface area (Å²) in [6.07, 6.45) is 0. The number of para-hydroxylation sites is 1. The van der Waals surface area contributed by atoms with Gasteiger partial charge in [0.1, 0.15) is 21.5 Å². The number of rotatable bonds is 8. The van der Waals surface area contributed by atoms with Gasteiger partial charge in [0.25, 0.3) is 0 Å². The first-order chi connectivity index (χ1) is 14.8. The summed E-state index contributed by atoms with van der Waals surface area (Å²) in [5.41, 5.74) is 1.73. The summed E-state index contributed by atoms with van der Waals surface area (Å²) in [6.45, 7) is 0. The van der Waals surface area contributed by atoms with E-state index >= 15 is 0 Å². The van der Waals surface area contributed by atoms with Crippen LogP contribution in [0.2, 0.25) is 0 Å². The maximum absolute atomic E-state index is 12.7. The largest absolute Gasteiger partial charge is 0.283 e. The van der Waals surface area contributed by atoms with Gasteiger partial charge < -0.3 is 0 Å². The zero-order valence-corrected chi connectivity index (χ0v) is 18.4. The van der Waals surface area contributed by atoms with E-state index in [0.717, 1.165) is 16.9 Å². The van der Waals surface area contributed by atoms with Crippen LogP contribution in [0.3, 0.4) is 0 Å². The lowest BCUT2D eigenvalue weighted by molar-refractivity contribution is 0.590. The van der Waals surface area contributed by atoms with Gasteiger partial charge in [0.2, 0.25) is 19.9 Å². The number of nitrogens with one attached hydrogen (secondary N) is 2. The highest BCUT2D eigenvalue weighted by Gasteiger charge is 2.23. The van der Waals surface area contributed by atoms with Crippen molar-refractivity contribution in [1.29, 1.82) is 0 Å². The van der Waals surface area contributed by atoms with Gasteiger partial charge in [-0.15, -0.1) is 10.2 Å². The molecule has 4 aromatic rings. The van der Waals surface area contributed by atoms with Crippen LogP contribution in [0.5, 0.6) is 0 Å². The maximum Gasteiger partial charge on any atom is 0.239 e. The average Bonchev–Trinajstić information content (AvgIpc) is 3.39. The Kier molecular flexibility index (Phi) is 5.85. The summed E-state index contributed by atoms with van der Waals surface area (Å²) in [5, 5.41) is 14.6. The topological polar surface area (TPSA) is 135 Å². The Morgan fingerprint density at radius 1 is 0.839 bits per heavy atom. The number of sulfonamides is 1. The molecule has 0 atom stereocenters. The lowest BCUT2D eigenvalue weighted by Gasteiger charge is -2.05. The smallest absolute Gasteiger partial charge is 0.239 e. The minimum atomic E-state index is -3.75. The van der Waals surface area contributed by atoms with Crippen LogP contribution in [-0.2, 0) is 31.4 Å². The molecule has 0 aliphatic carbocycles. The van der Waals surface area contributed by atoms with E-state index in [1.54, 1.807) is 30.3 Å². The van der Waals surface area contributed by atoms with Crippen molar-refractivity contribution in [3.63, 3.8) is 0 Å². The summed E-state index contributed by atoms with van der Waals surface area (Å²) in [5.74, 6) is -0.810. The van der Waals surface area contributed by atoms with E-state index in [2.05, 4.69) is 25.1 Å². The van der Waals surface area contributed by atoms with Gasteiger partial charge in [-0.05, 0) is 12.1 Å². The summed E-state index contributed by atoms with van der Waals surface area (Å²) in [4.78, 5) is 0. The molecule has 0 bridgehead atoms. The van der Waals surface area contributed by atoms with Crippen LogP contribution < -0.4 is 4.72 Å². The molecule has 160 valence electrons. The third-order valence-corrected chi connectivity index (χ3v) is 8.16. The third-order valence-electron chi connectivity index (χ3n) is 4.14. The van der Waals surface area contributed by atoms with E-state index in [1.165, 1.54) is 6.07 Å². The average molecular weight is 476 g/mol. The number of hydrogen-bond donors (Lipinski definition) is 2. The molecule has 0 radical (unpaired) electrons. The Morgan fingerprint density at radius 3 is 2.13 bits per heavy atom. The van der Waals surface area contributed by atoms with Crippen molar-refractivity contribution in [3.8, 4) is 11.3 Å². The number of benzene rings is 2. The fraction of sp³-hybridized carbons (Fsp3) is 0.105. The van der Waals surface area contributed by atoms with E-state index in [9.17, 15) is 16.8 Å². The fourth-order valence-corrected chi connectivity index (χ4v) is 6.55. The van der Waals surface area contributed by atoms with Gasteiger partial charge in [0.15, 0.2) is 5.03 Å². The van der Waals surface area contributed by atoms with Gasteiger partial charge in [0.05, 0.1) is 5.69 Å². The number of H-pyrrole nitrogens is 1. The fourth-order valence-electron chi connectivity index (χ4n) is 2.75. The Bertz CT molecular complexity index is 1380. The van der Waals surface area contributed by atoms with Crippen molar-refractivity contribution in [2.24, 2.45) is 0 Å². The quantitative estimate of drug-likeness (QED) is 0.400. The molecule has 0 aliphatic rings. The number of hydrogen-bond acceptors (Lipinski definition) is 8. The maximum atomic E-state index is 12.7. The molecule has 2 aromatic carbocycles. The molecule has 0 spiro atoms. The molecule has 31 heavy (non-hydrogen) atoms. The van der Waals surface area contributed by atoms with E-state index in [1.807, 2.05) is 30.3 Å². The molecule has 12 heteroatoms. The first kappa shape index (κ1) is 21.2. The molecule has 0 fully saturated rings. The van der Waals surface area contributed by atoms with E-state index in [-0.39, 0.29) is 15.0 Å². The lowest BCUT2D eigenvalue weighted by Crippen LogP contribution is -2.14. The van der Waals surface area contributed by atoms with Crippen molar-refractivity contribution in [1.82, 2.24) is 20.4 Å². The van der Waals surface area contributed by atoms with Crippen molar-refractivity contribution in [2.75, 3.05) is 4.72 Å². The van der Waals surface area contributed by atoms with Crippen molar-refractivity contribution < 1.29 is 16.8 Å². The Balaban J connectivity index is 1.45. The summed E-state index contributed by atoms with van der Waals surface area (Å²) >= 11 is 0.940. The van der Waals surface area contributed by atoms with Crippen LogP contribution in [0, 0.1) is 0 Å². The Morgan fingerprint density at radius 2 is 1.45 bits per heavy atom. The zero-order valence-electron chi connectivity index (χ0n) is 16.0. The van der Waals surface area contributed by atoms with Gasteiger partial charge in [-0.3, -0.25) is 9.82 Å². The van der Waals surface area contributed by atoms with Crippen molar-refractivity contribution in [2.45, 2.75) is 16.5 Å². The number of aromatic amines is 1. The zero-order chi connectivity index (χ0) is 21.9. The Labute approximate surface area is 183 Å². The summed E-state index contributed by atoms with van der Waals surface area (Å²) in [7, 11) is -7.46. The molecule has 0 amide bonds. The van der Waals surface area contributed by atoms with Gasteiger partial charge in [-0.2, -0.15) is 5.10 Å². The molecular weight excluding hydrogens is 458 g/mol. The third kappa shape index (κ3) is 5.34. The Hall–Kier alpha value is -3.09. The molecule has 9 nitrogen and oxygen atoms in total. The standard InChI is InChI=1S/C19H17N5O4S3/c25-30(26,19-11-16(20-23-19)14-7-3-1-4-8-14)12-17-21-22-18(29-17)13-31(27,28)24-15-9-5-2-6-10-15/h1-11,24H,12-13H2,(H,20,23). The van der Waals surface area contributed by atoms with Crippen LogP contribution >= 0.6 is 11.3 Å².